The van der Waals surface area contributed by atoms with Crippen molar-refractivity contribution in [3.8, 4) is 51.4 Å². The van der Waals surface area contributed by atoms with E-state index in [2.05, 4.69) is 103 Å². The molecule has 240 valence electrons. The summed E-state index contributed by atoms with van der Waals surface area (Å²) in [7, 11) is 0. The third kappa shape index (κ3) is 4.83. The molecular weight excluding hydrogens is 609 g/mol. The molecule has 0 atom stereocenters. The molecule has 0 spiro atoms. The van der Waals surface area contributed by atoms with Crippen molar-refractivity contribution >= 4 is 21.5 Å². The summed E-state index contributed by atoms with van der Waals surface area (Å²) in [5.41, 5.74) is 7.55. The minimum atomic E-state index is 0.336. The van der Waals surface area contributed by atoms with Crippen LogP contribution in [0, 0.1) is 29.1 Å². The molecule has 4 heteroatoms. The summed E-state index contributed by atoms with van der Waals surface area (Å²) < 4.78 is 0. The molecule has 50 heavy (non-hydrogen) atoms. The van der Waals surface area contributed by atoms with Crippen molar-refractivity contribution < 1.29 is 0 Å². The maximum Gasteiger partial charge on any atom is 0.164 e. The summed E-state index contributed by atoms with van der Waals surface area (Å²) in [6.07, 6.45) is 8.36. The lowest BCUT2D eigenvalue weighted by Crippen LogP contribution is -2.48. The number of hydrogen-bond donors (Lipinski definition) is 0. The quantitative estimate of drug-likeness (QED) is 0.175. The van der Waals surface area contributed by atoms with E-state index >= 15 is 0 Å². The highest BCUT2D eigenvalue weighted by molar-refractivity contribution is 6.15. The lowest BCUT2D eigenvalue weighted by atomic mass is 9.48. The number of benzene rings is 6. The van der Waals surface area contributed by atoms with Crippen molar-refractivity contribution in [2.24, 2.45) is 17.8 Å². The number of aromatic nitrogens is 3. The van der Waals surface area contributed by atoms with Gasteiger partial charge in [-0.3, -0.25) is 0 Å². The van der Waals surface area contributed by atoms with E-state index in [0.29, 0.717) is 28.5 Å². The largest absolute Gasteiger partial charge is 0.208 e. The van der Waals surface area contributed by atoms with Crippen molar-refractivity contribution in [2.45, 2.75) is 43.9 Å². The van der Waals surface area contributed by atoms with E-state index in [0.717, 1.165) is 67.1 Å². The molecular formula is C46H36N4. The van der Waals surface area contributed by atoms with Gasteiger partial charge in [0, 0.05) is 22.1 Å². The second-order valence-corrected chi connectivity index (χ2v) is 15.0. The molecule has 4 bridgehead atoms. The average molecular weight is 645 g/mol. The Balaban J connectivity index is 1.15. The van der Waals surface area contributed by atoms with Gasteiger partial charge in [-0.2, -0.15) is 5.26 Å². The Hall–Kier alpha value is -5.66. The maximum atomic E-state index is 10.2. The zero-order valence-electron chi connectivity index (χ0n) is 27.9. The van der Waals surface area contributed by atoms with Gasteiger partial charge in [-0.25, -0.2) is 15.0 Å². The molecule has 0 unspecified atom stereocenters. The van der Waals surface area contributed by atoms with Gasteiger partial charge in [0.2, 0.25) is 0 Å². The number of rotatable bonds is 5. The van der Waals surface area contributed by atoms with Gasteiger partial charge >= 0.3 is 0 Å². The molecule has 0 N–H and O–H groups in total. The molecule has 6 aromatic carbocycles. The van der Waals surface area contributed by atoms with Crippen LogP contribution in [-0.2, 0) is 5.41 Å². The van der Waals surface area contributed by atoms with Crippen molar-refractivity contribution in [1.82, 2.24) is 15.0 Å². The van der Waals surface area contributed by atoms with E-state index in [4.69, 9.17) is 15.0 Å². The van der Waals surface area contributed by atoms with Crippen LogP contribution in [0.15, 0.2) is 127 Å². The zero-order chi connectivity index (χ0) is 33.2. The molecule has 0 radical (unpaired) electrons. The monoisotopic (exact) mass is 644 g/mol. The summed E-state index contributed by atoms with van der Waals surface area (Å²) in [6, 6.07) is 46.9. The standard InChI is InChI=1S/C46H36N4/c47-28-37-13-7-15-40-41(24-35-10-4-5-14-39(35)42(37)40)45-49-43(48-44(50-45)36-12-6-11-34(23-36)32-8-2-1-3-9-32)33-16-18-38(19-17-33)46-25-29-20-30(26-46)22-31(21-29)27-46/h1-19,23-24,29-31H,20-22,25-27H2. The molecule has 1 aromatic heterocycles. The predicted octanol–water partition coefficient (Wildman–Crippen LogP) is 11.2. The Morgan fingerprint density at radius 3 is 1.86 bits per heavy atom. The van der Waals surface area contributed by atoms with E-state index in [9.17, 15) is 5.26 Å². The molecule has 1 heterocycles. The summed E-state index contributed by atoms with van der Waals surface area (Å²) in [5.74, 6) is 4.60. The van der Waals surface area contributed by atoms with Crippen LogP contribution in [0.2, 0.25) is 0 Å². The molecule has 4 aliphatic rings. The van der Waals surface area contributed by atoms with Crippen molar-refractivity contribution in [1.29, 1.82) is 5.26 Å². The van der Waals surface area contributed by atoms with Crippen molar-refractivity contribution in [3.05, 3.63) is 139 Å². The first-order chi connectivity index (χ1) is 24.6. The number of hydrogen-bond acceptors (Lipinski definition) is 4. The Bertz CT molecular complexity index is 2440. The summed E-state index contributed by atoms with van der Waals surface area (Å²) >= 11 is 0. The van der Waals surface area contributed by atoms with Gasteiger partial charge < -0.3 is 0 Å². The molecule has 11 rings (SSSR count). The smallest absolute Gasteiger partial charge is 0.164 e. The predicted molar refractivity (Wildman–Crippen MR) is 201 cm³/mol. The van der Waals surface area contributed by atoms with Gasteiger partial charge in [-0.1, -0.05) is 109 Å². The molecule has 4 nitrogen and oxygen atoms in total. The molecule has 0 saturated heterocycles. The highest BCUT2D eigenvalue weighted by Gasteiger charge is 2.51. The SMILES string of the molecule is N#Cc1cccc2c(-c3nc(-c4ccc(C56CC7CC(CC(C7)C5)C6)cc4)nc(-c4cccc(-c5ccccc5)c4)n3)cc3ccccc3c12. The van der Waals surface area contributed by atoms with Gasteiger partial charge in [0.1, 0.15) is 0 Å². The fourth-order valence-corrected chi connectivity index (χ4v) is 10.1. The number of nitriles is 1. The number of nitrogens with zero attached hydrogens (tertiary/aromatic N) is 4. The van der Waals surface area contributed by atoms with Gasteiger partial charge in [0.15, 0.2) is 17.5 Å². The van der Waals surface area contributed by atoms with E-state index in [1.54, 1.807) is 0 Å². The Kier molecular flexibility index (Phi) is 6.71. The van der Waals surface area contributed by atoms with Crippen LogP contribution < -0.4 is 0 Å². The van der Waals surface area contributed by atoms with E-state index in [1.165, 1.54) is 44.1 Å². The first-order valence-electron chi connectivity index (χ1n) is 18.0. The van der Waals surface area contributed by atoms with Gasteiger partial charge in [-0.15, -0.1) is 0 Å². The normalized spacial score (nSPS) is 22.2. The Labute approximate surface area is 292 Å². The van der Waals surface area contributed by atoms with E-state index in [1.807, 2.05) is 30.3 Å². The highest BCUT2D eigenvalue weighted by atomic mass is 15.0. The third-order valence-corrected chi connectivity index (χ3v) is 11.9. The van der Waals surface area contributed by atoms with Crippen LogP contribution in [0.25, 0.3) is 66.8 Å². The third-order valence-electron chi connectivity index (χ3n) is 11.9. The Morgan fingerprint density at radius 2 is 1.12 bits per heavy atom. The molecule has 4 aliphatic carbocycles. The van der Waals surface area contributed by atoms with Crippen LogP contribution in [0.3, 0.4) is 0 Å². The van der Waals surface area contributed by atoms with Crippen LogP contribution in [0.1, 0.15) is 49.7 Å². The van der Waals surface area contributed by atoms with Crippen LogP contribution in [-0.4, -0.2) is 15.0 Å². The minimum absolute atomic E-state index is 0.336. The first-order valence-corrected chi connectivity index (χ1v) is 18.0. The van der Waals surface area contributed by atoms with Gasteiger partial charge in [0.05, 0.1) is 11.6 Å². The van der Waals surface area contributed by atoms with Crippen molar-refractivity contribution in [3.63, 3.8) is 0 Å². The van der Waals surface area contributed by atoms with Crippen molar-refractivity contribution in [2.75, 3.05) is 0 Å². The zero-order valence-corrected chi connectivity index (χ0v) is 27.9. The van der Waals surface area contributed by atoms with E-state index in [-0.39, 0.29) is 0 Å². The van der Waals surface area contributed by atoms with Crippen LogP contribution in [0.4, 0.5) is 0 Å². The summed E-state index contributed by atoms with van der Waals surface area (Å²) in [6.45, 7) is 0. The van der Waals surface area contributed by atoms with E-state index < -0.39 is 0 Å². The fourth-order valence-electron chi connectivity index (χ4n) is 10.1. The molecule has 0 amide bonds. The first kappa shape index (κ1) is 29.3. The topological polar surface area (TPSA) is 62.5 Å². The molecule has 7 aromatic rings. The average Bonchev–Trinajstić information content (AvgIpc) is 3.17. The Morgan fingerprint density at radius 1 is 0.520 bits per heavy atom. The second kappa shape index (κ2) is 11.5. The lowest BCUT2D eigenvalue weighted by Gasteiger charge is -2.57. The van der Waals surface area contributed by atoms with Gasteiger partial charge in [-0.05, 0) is 113 Å². The van der Waals surface area contributed by atoms with Crippen LogP contribution >= 0.6 is 0 Å². The van der Waals surface area contributed by atoms with Crippen LogP contribution in [0.5, 0.6) is 0 Å². The maximum absolute atomic E-state index is 10.2. The summed E-state index contributed by atoms with van der Waals surface area (Å²) in [4.78, 5) is 15.6. The lowest BCUT2D eigenvalue weighted by molar-refractivity contribution is -0.00518. The number of fused-ring (bicyclic) bond motifs is 3. The summed E-state index contributed by atoms with van der Waals surface area (Å²) in [5, 5.41) is 14.1. The highest BCUT2D eigenvalue weighted by Crippen LogP contribution is 2.60. The molecule has 0 aliphatic heterocycles. The minimum Gasteiger partial charge on any atom is -0.208 e. The molecule has 4 saturated carbocycles. The molecule has 4 fully saturated rings. The second-order valence-electron chi connectivity index (χ2n) is 15.0. The fraction of sp³-hybridized carbons (Fsp3) is 0.217. The van der Waals surface area contributed by atoms with Gasteiger partial charge in [0.25, 0.3) is 0 Å².